The van der Waals surface area contributed by atoms with Gasteiger partial charge in [0.05, 0.1) is 16.3 Å². The van der Waals surface area contributed by atoms with E-state index >= 15 is 0 Å². The van der Waals surface area contributed by atoms with Crippen molar-refractivity contribution in [2.45, 2.75) is 12.8 Å². The summed E-state index contributed by atoms with van der Waals surface area (Å²) in [6.07, 6.45) is 2.03. The molecular weight excluding hydrogens is 515 g/mol. The fourth-order valence-electron chi connectivity index (χ4n) is 4.04. The predicted octanol–water partition coefficient (Wildman–Crippen LogP) is 8.44. The monoisotopic (exact) mass is 531 g/mol. The maximum absolute atomic E-state index is 13.8. The summed E-state index contributed by atoms with van der Waals surface area (Å²) in [5.74, 6) is -1.27. The Hall–Kier alpha value is -2.93. The minimum absolute atomic E-state index is 0.0170. The molecule has 0 atom stereocenters. The number of anilines is 1. The number of hydrogen-bond donors (Lipinski definition) is 0. The molecule has 1 aliphatic rings. The summed E-state index contributed by atoms with van der Waals surface area (Å²) in [7, 11) is 0. The Kier molecular flexibility index (Phi) is 6.78. The Labute approximate surface area is 216 Å². The van der Waals surface area contributed by atoms with Crippen LogP contribution in [0.15, 0.2) is 60.7 Å². The van der Waals surface area contributed by atoms with E-state index in [1.807, 2.05) is 12.1 Å². The minimum Gasteiger partial charge on any atom is -0.424 e. The Bertz CT molecular complexity index is 1390. The zero-order chi connectivity index (χ0) is 24.5. The van der Waals surface area contributed by atoms with Crippen molar-refractivity contribution in [3.05, 3.63) is 87.4 Å². The highest BCUT2D eigenvalue weighted by atomic mass is 35.5. The first-order valence-electron chi connectivity index (χ1n) is 10.9. The standard InChI is InChI=1S/C26H18Cl3F2N3O/c27-16-5-3-15(4-6-16)23-24(19-9-7-17(28)13-20(19)29)32-26(33-25(23)34-11-1-2-12-34)35-18-8-10-21(30)22(31)14-18/h3-10,13-14H,1-2,11-12H2. The number of nitrogens with zero attached hydrogens (tertiary/aromatic N) is 3. The number of aromatic nitrogens is 2. The number of hydrogen-bond acceptors (Lipinski definition) is 4. The van der Waals surface area contributed by atoms with Gasteiger partial charge in [-0.05, 0) is 60.9 Å². The second-order valence-electron chi connectivity index (χ2n) is 8.06. The van der Waals surface area contributed by atoms with Crippen LogP contribution in [-0.2, 0) is 0 Å². The van der Waals surface area contributed by atoms with Gasteiger partial charge >= 0.3 is 6.01 Å². The second kappa shape index (κ2) is 9.97. The molecule has 9 heteroatoms. The van der Waals surface area contributed by atoms with E-state index in [2.05, 4.69) is 9.88 Å². The van der Waals surface area contributed by atoms with Crippen molar-refractivity contribution in [1.82, 2.24) is 9.97 Å². The predicted molar refractivity (Wildman–Crippen MR) is 136 cm³/mol. The molecule has 4 nitrogen and oxygen atoms in total. The molecule has 0 spiro atoms. The number of rotatable bonds is 5. The summed E-state index contributed by atoms with van der Waals surface area (Å²) in [6.45, 7) is 1.60. The van der Waals surface area contributed by atoms with Gasteiger partial charge in [-0.2, -0.15) is 9.97 Å². The zero-order valence-corrected chi connectivity index (χ0v) is 20.5. The van der Waals surface area contributed by atoms with Crippen molar-refractivity contribution in [1.29, 1.82) is 0 Å². The lowest BCUT2D eigenvalue weighted by Gasteiger charge is -2.23. The molecule has 3 aromatic carbocycles. The fraction of sp³-hybridized carbons (Fsp3) is 0.154. The molecule has 1 aromatic heterocycles. The summed E-state index contributed by atoms with van der Waals surface area (Å²) < 4.78 is 33.1. The highest BCUT2D eigenvalue weighted by molar-refractivity contribution is 6.36. The van der Waals surface area contributed by atoms with Gasteiger partial charge in [-0.3, -0.25) is 0 Å². The molecule has 1 saturated heterocycles. The van der Waals surface area contributed by atoms with E-state index in [0.717, 1.165) is 49.2 Å². The van der Waals surface area contributed by atoms with E-state index in [-0.39, 0.29) is 11.8 Å². The van der Waals surface area contributed by atoms with E-state index in [9.17, 15) is 8.78 Å². The van der Waals surface area contributed by atoms with Crippen LogP contribution in [0.1, 0.15) is 12.8 Å². The quantitative estimate of drug-likeness (QED) is 0.258. The van der Waals surface area contributed by atoms with E-state index in [0.29, 0.717) is 32.1 Å². The average molecular weight is 533 g/mol. The Morgan fingerprint density at radius 2 is 1.49 bits per heavy atom. The van der Waals surface area contributed by atoms with Crippen LogP contribution in [0.3, 0.4) is 0 Å². The van der Waals surface area contributed by atoms with Gasteiger partial charge in [0.2, 0.25) is 0 Å². The lowest BCUT2D eigenvalue weighted by atomic mass is 9.99. The molecule has 2 heterocycles. The Morgan fingerprint density at radius 3 is 2.17 bits per heavy atom. The molecule has 0 N–H and O–H groups in total. The Morgan fingerprint density at radius 1 is 0.771 bits per heavy atom. The van der Waals surface area contributed by atoms with Gasteiger partial charge in [0, 0.05) is 34.8 Å². The lowest BCUT2D eigenvalue weighted by molar-refractivity contribution is 0.431. The summed E-state index contributed by atoms with van der Waals surface area (Å²) >= 11 is 18.9. The van der Waals surface area contributed by atoms with Gasteiger partial charge in [0.1, 0.15) is 11.6 Å². The maximum atomic E-state index is 13.8. The molecular formula is C26H18Cl3F2N3O. The number of ether oxygens (including phenoxy) is 1. The van der Waals surface area contributed by atoms with Crippen molar-refractivity contribution in [3.63, 3.8) is 0 Å². The highest BCUT2D eigenvalue weighted by Crippen LogP contribution is 2.43. The Balaban J connectivity index is 1.74. The van der Waals surface area contributed by atoms with Gasteiger partial charge < -0.3 is 9.64 Å². The van der Waals surface area contributed by atoms with Gasteiger partial charge in [0.25, 0.3) is 0 Å². The van der Waals surface area contributed by atoms with Gasteiger partial charge in [-0.15, -0.1) is 0 Å². The van der Waals surface area contributed by atoms with Crippen LogP contribution >= 0.6 is 34.8 Å². The van der Waals surface area contributed by atoms with E-state index in [4.69, 9.17) is 44.5 Å². The average Bonchev–Trinajstić information content (AvgIpc) is 3.37. The number of halogens is 5. The van der Waals surface area contributed by atoms with E-state index < -0.39 is 11.6 Å². The maximum Gasteiger partial charge on any atom is 0.324 e. The largest absolute Gasteiger partial charge is 0.424 e. The molecule has 1 aliphatic heterocycles. The van der Waals surface area contributed by atoms with Gasteiger partial charge in [-0.1, -0.05) is 46.9 Å². The van der Waals surface area contributed by atoms with Crippen molar-refractivity contribution in [2.75, 3.05) is 18.0 Å². The van der Waals surface area contributed by atoms with Gasteiger partial charge in [0.15, 0.2) is 11.6 Å². The smallest absolute Gasteiger partial charge is 0.324 e. The minimum atomic E-state index is -1.03. The SMILES string of the molecule is Fc1ccc(Oc2nc(-c3ccc(Cl)cc3Cl)c(-c3ccc(Cl)cc3)c(N3CCCC3)n2)cc1F. The third-order valence-electron chi connectivity index (χ3n) is 5.69. The molecule has 35 heavy (non-hydrogen) atoms. The van der Waals surface area contributed by atoms with E-state index in [1.54, 1.807) is 30.3 Å². The first kappa shape index (κ1) is 23.8. The molecule has 0 amide bonds. The summed E-state index contributed by atoms with van der Waals surface area (Å²) in [5, 5.41) is 1.48. The molecule has 0 unspecified atom stereocenters. The van der Waals surface area contributed by atoms with Crippen LogP contribution in [0.2, 0.25) is 15.1 Å². The topological polar surface area (TPSA) is 38.2 Å². The zero-order valence-electron chi connectivity index (χ0n) is 18.2. The molecule has 0 radical (unpaired) electrons. The first-order chi connectivity index (χ1) is 16.9. The molecule has 0 bridgehead atoms. The van der Waals surface area contributed by atoms with Crippen LogP contribution in [0.25, 0.3) is 22.4 Å². The fourth-order valence-corrected chi connectivity index (χ4v) is 4.66. The normalized spacial score (nSPS) is 13.3. The van der Waals surface area contributed by atoms with Crippen molar-refractivity contribution in [2.24, 2.45) is 0 Å². The van der Waals surface area contributed by atoms with Crippen LogP contribution in [0, 0.1) is 11.6 Å². The molecule has 0 aliphatic carbocycles. The van der Waals surface area contributed by atoms with Crippen molar-refractivity contribution >= 4 is 40.6 Å². The van der Waals surface area contributed by atoms with Gasteiger partial charge in [-0.25, -0.2) is 8.78 Å². The number of benzene rings is 3. The first-order valence-corrected chi connectivity index (χ1v) is 12.0. The molecule has 5 rings (SSSR count). The third-order valence-corrected chi connectivity index (χ3v) is 6.49. The summed E-state index contributed by atoms with van der Waals surface area (Å²) in [4.78, 5) is 11.5. The summed E-state index contributed by atoms with van der Waals surface area (Å²) in [5.41, 5.74) is 2.74. The third kappa shape index (κ3) is 5.06. The second-order valence-corrected chi connectivity index (χ2v) is 9.34. The molecule has 0 saturated carbocycles. The highest BCUT2D eigenvalue weighted by Gasteiger charge is 2.26. The van der Waals surface area contributed by atoms with E-state index in [1.165, 1.54) is 6.07 Å². The van der Waals surface area contributed by atoms with Crippen LogP contribution in [0.5, 0.6) is 11.8 Å². The van der Waals surface area contributed by atoms with Crippen LogP contribution < -0.4 is 9.64 Å². The van der Waals surface area contributed by atoms with Crippen LogP contribution in [-0.4, -0.2) is 23.1 Å². The van der Waals surface area contributed by atoms with Crippen molar-refractivity contribution < 1.29 is 13.5 Å². The molecule has 4 aromatic rings. The summed E-state index contributed by atoms with van der Waals surface area (Å²) in [6, 6.07) is 15.8. The molecule has 1 fully saturated rings. The lowest BCUT2D eigenvalue weighted by Crippen LogP contribution is -2.21. The van der Waals surface area contributed by atoms with Crippen LogP contribution in [0.4, 0.5) is 14.6 Å². The van der Waals surface area contributed by atoms with Crippen molar-refractivity contribution in [3.8, 4) is 34.1 Å². The molecule has 178 valence electrons.